The van der Waals surface area contributed by atoms with Gasteiger partial charge in [-0.2, -0.15) is 0 Å². The van der Waals surface area contributed by atoms with Crippen molar-refractivity contribution in [3.63, 3.8) is 0 Å². The first-order valence-electron chi connectivity index (χ1n) is 8.29. The molecule has 1 atom stereocenters. The highest BCUT2D eigenvalue weighted by atomic mass is 79.9. The van der Waals surface area contributed by atoms with Gasteiger partial charge in [0.15, 0.2) is 6.61 Å². The van der Waals surface area contributed by atoms with Crippen LogP contribution in [0.4, 0.5) is 0 Å². The molecule has 1 fully saturated rings. The molecule has 0 bridgehead atoms. The lowest BCUT2D eigenvalue weighted by Gasteiger charge is -2.17. The number of hydrogen-bond donors (Lipinski definition) is 1. The van der Waals surface area contributed by atoms with Crippen LogP contribution in [0.1, 0.15) is 36.9 Å². The second-order valence-electron chi connectivity index (χ2n) is 6.37. The van der Waals surface area contributed by atoms with E-state index in [1.165, 1.54) is 0 Å². The van der Waals surface area contributed by atoms with E-state index in [1.54, 1.807) is 0 Å². The molecule has 1 saturated carbocycles. The number of carbonyl (C=O) groups is 2. The predicted molar refractivity (Wildman–Crippen MR) is 99.0 cm³/mol. The van der Waals surface area contributed by atoms with Crippen LogP contribution in [-0.4, -0.2) is 18.5 Å². The smallest absolute Gasteiger partial charge is 0.317 e. The van der Waals surface area contributed by atoms with Crippen molar-refractivity contribution in [3.8, 4) is 0 Å². The lowest BCUT2D eigenvalue weighted by Crippen LogP contribution is -2.33. The van der Waals surface area contributed by atoms with Gasteiger partial charge in [-0.3, -0.25) is 9.59 Å². The van der Waals surface area contributed by atoms with E-state index < -0.39 is 5.41 Å². The molecule has 0 heterocycles. The molecule has 1 amide bonds. The summed E-state index contributed by atoms with van der Waals surface area (Å²) in [5.74, 6) is -0.613. The van der Waals surface area contributed by atoms with Crippen molar-refractivity contribution in [2.24, 2.45) is 0 Å². The van der Waals surface area contributed by atoms with Crippen LogP contribution in [0.2, 0.25) is 0 Å². The third-order valence-electron chi connectivity index (χ3n) is 4.55. The number of halogens is 1. The molecule has 0 aliphatic heterocycles. The molecule has 0 spiro atoms. The third kappa shape index (κ3) is 4.10. The van der Waals surface area contributed by atoms with Crippen LogP contribution >= 0.6 is 15.9 Å². The highest BCUT2D eigenvalue weighted by molar-refractivity contribution is 9.10. The quantitative estimate of drug-likeness (QED) is 0.746. The zero-order chi connectivity index (χ0) is 17.9. The summed E-state index contributed by atoms with van der Waals surface area (Å²) in [6.07, 6.45) is 1.54. The van der Waals surface area contributed by atoms with Gasteiger partial charge in [-0.05, 0) is 43.0 Å². The van der Waals surface area contributed by atoms with E-state index in [0.717, 1.165) is 28.4 Å². The summed E-state index contributed by atoms with van der Waals surface area (Å²) in [6.45, 7) is 1.64. The van der Waals surface area contributed by atoms with E-state index >= 15 is 0 Å². The van der Waals surface area contributed by atoms with E-state index in [4.69, 9.17) is 4.74 Å². The molecule has 130 valence electrons. The minimum atomic E-state index is -0.557. The fourth-order valence-electron chi connectivity index (χ4n) is 2.88. The minimum absolute atomic E-state index is 0.150. The first kappa shape index (κ1) is 17.7. The Hall–Kier alpha value is -2.14. The van der Waals surface area contributed by atoms with Crippen LogP contribution in [0.25, 0.3) is 0 Å². The zero-order valence-electron chi connectivity index (χ0n) is 14.0. The molecule has 4 nitrogen and oxygen atoms in total. The number of nitrogens with one attached hydrogen (secondary N) is 1. The Morgan fingerprint density at radius 1 is 1.12 bits per heavy atom. The van der Waals surface area contributed by atoms with E-state index in [1.807, 2.05) is 61.5 Å². The van der Waals surface area contributed by atoms with E-state index in [-0.39, 0.29) is 24.5 Å². The highest BCUT2D eigenvalue weighted by Crippen LogP contribution is 2.49. The minimum Gasteiger partial charge on any atom is -0.455 e. The second-order valence-corrected chi connectivity index (χ2v) is 7.28. The average molecular weight is 402 g/mol. The number of hydrogen-bond acceptors (Lipinski definition) is 3. The van der Waals surface area contributed by atoms with Gasteiger partial charge < -0.3 is 10.1 Å². The monoisotopic (exact) mass is 401 g/mol. The standard InChI is InChI=1S/C20H20BrNO3/c1-14(15-7-9-17(21)10-8-15)22-18(23)13-25-19(24)20(11-12-20)16-5-3-2-4-6-16/h2-10,14H,11-13H2,1H3,(H,22,23)/t14-/m0/s1. The number of amides is 1. The first-order valence-corrected chi connectivity index (χ1v) is 9.08. The van der Waals surface area contributed by atoms with Gasteiger partial charge in [-0.25, -0.2) is 0 Å². The lowest BCUT2D eigenvalue weighted by atomic mass is 9.96. The van der Waals surface area contributed by atoms with Gasteiger partial charge in [0, 0.05) is 4.47 Å². The Morgan fingerprint density at radius 3 is 2.36 bits per heavy atom. The molecule has 1 aliphatic rings. The molecule has 1 aliphatic carbocycles. The van der Waals surface area contributed by atoms with Crippen molar-refractivity contribution >= 4 is 27.8 Å². The van der Waals surface area contributed by atoms with Gasteiger partial charge in [0.1, 0.15) is 0 Å². The van der Waals surface area contributed by atoms with Crippen LogP contribution in [0, 0.1) is 0 Å². The molecule has 0 aromatic heterocycles. The fraction of sp³-hybridized carbons (Fsp3) is 0.300. The Kier molecular flexibility index (Phi) is 5.23. The number of benzene rings is 2. The first-order chi connectivity index (χ1) is 12.0. The molecule has 0 unspecified atom stereocenters. The Morgan fingerprint density at radius 2 is 1.76 bits per heavy atom. The summed E-state index contributed by atoms with van der Waals surface area (Å²) in [5, 5.41) is 2.85. The molecule has 1 N–H and O–H groups in total. The van der Waals surface area contributed by atoms with Gasteiger partial charge in [0.25, 0.3) is 5.91 Å². The van der Waals surface area contributed by atoms with E-state index in [0.29, 0.717) is 0 Å². The highest BCUT2D eigenvalue weighted by Gasteiger charge is 2.52. The van der Waals surface area contributed by atoms with Crippen molar-refractivity contribution < 1.29 is 14.3 Å². The van der Waals surface area contributed by atoms with Crippen molar-refractivity contribution in [2.75, 3.05) is 6.61 Å². The maximum Gasteiger partial charge on any atom is 0.317 e. The lowest BCUT2D eigenvalue weighted by molar-refractivity contribution is -0.151. The molecule has 0 radical (unpaired) electrons. The summed E-state index contributed by atoms with van der Waals surface area (Å²) < 4.78 is 6.27. The number of ether oxygens (including phenoxy) is 1. The van der Waals surface area contributed by atoms with Crippen LogP contribution in [0.5, 0.6) is 0 Å². The topological polar surface area (TPSA) is 55.4 Å². The maximum absolute atomic E-state index is 12.4. The molecule has 2 aromatic carbocycles. The van der Waals surface area contributed by atoms with Crippen LogP contribution in [-0.2, 0) is 19.7 Å². The third-order valence-corrected chi connectivity index (χ3v) is 5.08. The summed E-state index contributed by atoms with van der Waals surface area (Å²) in [7, 11) is 0. The second kappa shape index (κ2) is 7.40. The van der Waals surface area contributed by atoms with Gasteiger partial charge in [0.05, 0.1) is 11.5 Å². The molecular weight excluding hydrogens is 382 g/mol. The Balaban J connectivity index is 1.52. The SMILES string of the molecule is C[C@H](NC(=O)COC(=O)C1(c2ccccc2)CC1)c1ccc(Br)cc1. The van der Waals surface area contributed by atoms with E-state index in [2.05, 4.69) is 21.2 Å². The summed E-state index contributed by atoms with van der Waals surface area (Å²) in [4.78, 5) is 24.5. The Bertz CT molecular complexity index is 754. The molecule has 2 aromatic rings. The molecule has 25 heavy (non-hydrogen) atoms. The summed E-state index contributed by atoms with van der Waals surface area (Å²) >= 11 is 3.39. The molecule has 5 heteroatoms. The maximum atomic E-state index is 12.4. The van der Waals surface area contributed by atoms with Gasteiger partial charge in [-0.1, -0.05) is 58.4 Å². The van der Waals surface area contributed by atoms with Crippen molar-refractivity contribution in [1.82, 2.24) is 5.32 Å². The molecular formula is C20H20BrNO3. The number of carbonyl (C=O) groups excluding carboxylic acids is 2. The van der Waals surface area contributed by atoms with Gasteiger partial charge >= 0.3 is 5.97 Å². The predicted octanol–water partition coefficient (Wildman–Crippen LogP) is 3.90. The largest absolute Gasteiger partial charge is 0.455 e. The number of rotatable bonds is 6. The van der Waals surface area contributed by atoms with Gasteiger partial charge in [0.2, 0.25) is 0 Å². The summed E-state index contributed by atoms with van der Waals surface area (Å²) in [5.41, 5.74) is 1.40. The van der Waals surface area contributed by atoms with Crippen molar-refractivity contribution in [1.29, 1.82) is 0 Å². The van der Waals surface area contributed by atoms with E-state index in [9.17, 15) is 9.59 Å². The summed E-state index contributed by atoms with van der Waals surface area (Å²) in [6, 6.07) is 17.2. The fourth-order valence-corrected chi connectivity index (χ4v) is 3.14. The molecule has 3 rings (SSSR count). The Labute approximate surface area is 155 Å². The van der Waals surface area contributed by atoms with Gasteiger partial charge in [-0.15, -0.1) is 0 Å². The average Bonchev–Trinajstić information content (AvgIpc) is 3.43. The van der Waals surface area contributed by atoms with Crippen LogP contribution < -0.4 is 5.32 Å². The normalized spacial score (nSPS) is 15.9. The molecule has 0 saturated heterocycles. The van der Waals surface area contributed by atoms with Crippen molar-refractivity contribution in [2.45, 2.75) is 31.2 Å². The number of esters is 1. The zero-order valence-corrected chi connectivity index (χ0v) is 15.6. The van der Waals surface area contributed by atoms with Crippen LogP contribution in [0.15, 0.2) is 59.1 Å². The van der Waals surface area contributed by atoms with Crippen LogP contribution in [0.3, 0.4) is 0 Å². The van der Waals surface area contributed by atoms with Crippen molar-refractivity contribution in [3.05, 3.63) is 70.2 Å².